The van der Waals surface area contributed by atoms with E-state index in [4.69, 9.17) is 23.2 Å². The lowest BCUT2D eigenvalue weighted by atomic mass is 10.2. The second-order valence-electron chi connectivity index (χ2n) is 6.82. The third-order valence-electron chi connectivity index (χ3n) is 4.99. The van der Waals surface area contributed by atoms with Gasteiger partial charge in [-0.3, -0.25) is 24.4 Å². The number of fused-ring (bicyclic) bond motifs is 1. The Kier molecular flexibility index (Phi) is 5.40. The van der Waals surface area contributed by atoms with E-state index < -0.39 is 4.92 Å². The summed E-state index contributed by atoms with van der Waals surface area (Å²) >= 11 is 11.9. The van der Waals surface area contributed by atoms with Crippen LogP contribution in [0.2, 0.25) is 10.0 Å². The van der Waals surface area contributed by atoms with E-state index in [1.807, 2.05) is 4.90 Å². The van der Waals surface area contributed by atoms with E-state index in [0.29, 0.717) is 59.5 Å². The highest BCUT2D eigenvalue weighted by Gasteiger charge is 2.24. The zero-order valence-corrected chi connectivity index (χ0v) is 16.8. The van der Waals surface area contributed by atoms with E-state index in [0.717, 1.165) is 0 Å². The average molecular weight is 434 g/mol. The maximum atomic E-state index is 12.7. The van der Waals surface area contributed by atoms with E-state index >= 15 is 0 Å². The molecule has 8 nitrogen and oxygen atoms in total. The van der Waals surface area contributed by atoms with Crippen LogP contribution in [0.3, 0.4) is 0 Å². The molecule has 150 valence electrons. The Hall–Kier alpha value is -2.68. The van der Waals surface area contributed by atoms with Gasteiger partial charge in [-0.1, -0.05) is 23.2 Å². The first-order valence-electron chi connectivity index (χ1n) is 8.98. The van der Waals surface area contributed by atoms with Crippen molar-refractivity contribution in [2.75, 3.05) is 31.1 Å². The van der Waals surface area contributed by atoms with Crippen molar-refractivity contribution in [1.29, 1.82) is 0 Å². The van der Waals surface area contributed by atoms with Gasteiger partial charge in [0.2, 0.25) is 0 Å². The Balaban J connectivity index is 1.49. The molecule has 3 aromatic rings. The van der Waals surface area contributed by atoms with Gasteiger partial charge in [-0.2, -0.15) is 0 Å². The van der Waals surface area contributed by atoms with E-state index in [9.17, 15) is 14.9 Å². The molecule has 0 spiro atoms. The van der Waals surface area contributed by atoms with Crippen LogP contribution in [0.4, 0.5) is 11.4 Å². The summed E-state index contributed by atoms with van der Waals surface area (Å²) in [4.78, 5) is 32.1. The number of nitro benzene ring substituents is 1. The normalized spacial score (nSPS) is 15.0. The highest BCUT2D eigenvalue weighted by atomic mass is 35.5. The standard InChI is InChI=1S/C19H17Cl2N5O3/c20-13-1-3-16-15(9-13)19(27)25(11-22-16)12-23-5-7-24(8-6-23)17-4-2-14(21)10-18(17)26(28)29/h1-4,9-11H,5-8,12H2. The van der Waals surface area contributed by atoms with Crippen molar-refractivity contribution >= 4 is 45.5 Å². The van der Waals surface area contributed by atoms with Crippen LogP contribution in [-0.2, 0) is 6.67 Å². The summed E-state index contributed by atoms with van der Waals surface area (Å²) in [7, 11) is 0. The molecule has 1 aliphatic rings. The number of hydrogen-bond acceptors (Lipinski definition) is 6. The van der Waals surface area contributed by atoms with E-state index in [-0.39, 0.29) is 11.2 Å². The molecule has 1 aromatic heterocycles. The zero-order valence-electron chi connectivity index (χ0n) is 15.3. The number of anilines is 1. The minimum absolute atomic E-state index is 0.00206. The summed E-state index contributed by atoms with van der Waals surface area (Å²) in [5, 5.41) is 12.7. The zero-order chi connectivity index (χ0) is 20.5. The second-order valence-corrected chi connectivity index (χ2v) is 7.69. The van der Waals surface area contributed by atoms with Crippen molar-refractivity contribution in [3.8, 4) is 0 Å². The van der Waals surface area contributed by atoms with Crippen molar-refractivity contribution in [1.82, 2.24) is 14.5 Å². The Morgan fingerprint density at radius 2 is 1.72 bits per heavy atom. The molecule has 1 fully saturated rings. The molecule has 10 heteroatoms. The number of rotatable bonds is 4. The van der Waals surface area contributed by atoms with Gasteiger partial charge in [0, 0.05) is 42.3 Å². The SMILES string of the molecule is O=c1c2cc(Cl)ccc2ncn1CN1CCN(c2ccc(Cl)cc2[N+](=O)[O-])CC1. The largest absolute Gasteiger partial charge is 0.363 e. The average Bonchev–Trinajstić information content (AvgIpc) is 2.71. The summed E-state index contributed by atoms with van der Waals surface area (Å²) in [6, 6.07) is 9.76. The Labute approximate surface area is 176 Å². The van der Waals surface area contributed by atoms with Crippen molar-refractivity contribution in [2.24, 2.45) is 0 Å². The Bertz CT molecular complexity index is 1140. The maximum absolute atomic E-state index is 12.7. The summed E-state index contributed by atoms with van der Waals surface area (Å²) in [5.74, 6) is 0. The number of halogens is 2. The molecule has 29 heavy (non-hydrogen) atoms. The minimum atomic E-state index is -0.418. The molecule has 0 atom stereocenters. The minimum Gasteiger partial charge on any atom is -0.363 e. The molecule has 4 rings (SSSR count). The highest BCUT2D eigenvalue weighted by Crippen LogP contribution is 2.31. The quantitative estimate of drug-likeness (QED) is 0.463. The number of piperazine rings is 1. The topological polar surface area (TPSA) is 84.5 Å². The summed E-state index contributed by atoms with van der Waals surface area (Å²) in [5.41, 5.74) is 1.01. The summed E-state index contributed by atoms with van der Waals surface area (Å²) in [6.45, 7) is 2.90. The predicted octanol–water partition coefficient (Wildman–Crippen LogP) is 3.39. The predicted molar refractivity (Wildman–Crippen MR) is 113 cm³/mol. The van der Waals surface area contributed by atoms with Crippen LogP contribution in [0, 0.1) is 10.1 Å². The van der Waals surface area contributed by atoms with Gasteiger partial charge in [0.15, 0.2) is 0 Å². The lowest BCUT2D eigenvalue weighted by Gasteiger charge is -2.35. The molecule has 0 unspecified atom stereocenters. The third kappa shape index (κ3) is 4.05. The molecule has 1 aliphatic heterocycles. The number of nitrogens with zero attached hydrogens (tertiary/aromatic N) is 5. The van der Waals surface area contributed by atoms with Gasteiger partial charge < -0.3 is 4.90 Å². The molecule has 0 saturated carbocycles. The number of aromatic nitrogens is 2. The van der Waals surface area contributed by atoms with Crippen LogP contribution in [0.25, 0.3) is 10.9 Å². The first-order chi connectivity index (χ1) is 13.9. The fourth-order valence-corrected chi connectivity index (χ4v) is 3.83. The van der Waals surface area contributed by atoms with Crippen molar-refractivity contribution in [2.45, 2.75) is 6.67 Å². The molecule has 0 aliphatic carbocycles. The molecule has 2 heterocycles. The first kappa shape index (κ1) is 19.6. The van der Waals surface area contributed by atoms with E-state index in [1.54, 1.807) is 34.9 Å². The van der Waals surface area contributed by atoms with E-state index in [1.165, 1.54) is 12.4 Å². The first-order valence-corrected chi connectivity index (χ1v) is 9.74. The molecule has 1 saturated heterocycles. The Morgan fingerprint density at radius 3 is 2.45 bits per heavy atom. The van der Waals surface area contributed by atoms with Gasteiger partial charge in [-0.15, -0.1) is 0 Å². The fraction of sp³-hybridized carbons (Fsp3) is 0.263. The number of hydrogen-bond donors (Lipinski definition) is 0. The molecular formula is C19H17Cl2N5O3. The van der Waals surface area contributed by atoms with Gasteiger partial charge in [0.25, 0.3) is 11.2 Å². The lowest BCUT2D eigenvalue weighted by Crippen LogP contribution is -2.48. The molecule has 0 radical (unpaired) electrons. The highest BCUT2D eigenvalue weighted by molar-refractivity contribution is 6.31. The second kappa shape index (κ2) is 7.98. The lowest BCUT2D eigenvalue weighted by molar-refractivity contribution is -0.384. The molecule has 2 aromatic carbocycles. The van der Waals surface area contributed by atoms with Crippen LogP contribution in [0.1, 0.15) is 0 Å². The van der Waals surface area contributed by atoms with Crippen LogP contribution in [0.15, 0.2) is 47.5 Å². The van der Waals surface area contributed by atoms with Gasteiger partial charge in [-0.25, -0.2) is 4.98 Å². The smallest absolute Gasteiger partial charge is 0.294 e. The summed E-state index contributed by atoms with van der Waals surface area (Å²) in [6.07, 6.45) is 1.54. The molecule has 0 N–H and O–H groups in total. The maximum Gasteiger partial charge on any atom is 0.294 e. The van der Waals surface area contributed by atoms with Crippen molar-refractivity contribution in [3.63, 3.8) is 0 Å². The number of benzene rings is 2. The number of nitro groups is 1. The van der Waals surface area contributed by atoms with Crippen LogP contribution in [0.5, 0.6) is 0 Å². The van der Waals surface area contributed by atoms with Gasteiger partial charge in [-0.05, 0) is 30.3 Å². The molecule has 0 bridgehead atoms. The fourth-order valence-electron chi connectivity index (χ4n) is 3.49. The van der Waals surface area contributed by atoms with Gasteiger partial charge in [0.1, 0.15) is 5.69 Å². The van der Waals surface area contributed by atoms with E-state index in [2.05, 4.69) is 9.88 Å². The van der Waals surface area contributed by atoms with Crippen molar-refractivity contribution < 1.29 is 4.92 Å². The Morgan fingerprint density at radius 1 is 1.03 bits per heavy atom. The van der Waals surface area contributed by atoms with Crippen LogP contribution < -0.4 is 10.5 Å². The third-order valence-corrected chi connectivity index (χ3v) is 5.46. The summed E-state index contributed by atoms with van der Waals surface area (Å²) < 4.78 is 1.55. The molecule has 0 amide bonds. The van der Waals surface area contributed by atoms with Crippen molar-refractivity contribution in [3.05, 3.63) is 73.2 Å². The van der Waals surface area contributed by atoms with Gasteiger partial charge in [0.05, 0.1) is 28.8 Å². The molecular weight excluding hydrogens is 417 g/mol. The van der Waals surface area contributed by atoms with Crippen LogP contribution in [-0.4, -0.2) is 45.6 Å². The van der Waals surface area contributed by atoms with Crippen LogP contribution >= 0.6 is 23.2 Å². The monoisotopic (exact) mass is 433 g/mol. The van der Waals surface area contributed by atoms with Gasteiger partial charge >= 0.3 is 0 Å².